The van der Waals surface area contributed by atoms with Crippen LogP contribution in [0.4, 0.5) is 4.48 Å². The molecule has 1 aromatic carbocycles. The lowest BCUT2D eigenvalue weighted by Gasteiger charge is -2.27. The van der Waals surface area contributed by atoms with Crippen LogP contribution >= 0.6 is 0 Å². The molecule has 0 saturated carbocycles. The highest BCUT2D eigenvalue weighted by atomic mass is 19.2. The van der Waals surface area contributed by atoms with Crippen molar-refractivity contribution in [3.63, 3.8) is 0 Å². The predicted molar refractivity (Wildman–Crippen MR) is 72.0 cm³/mol. The first kappa shape index (κ1) is 14.4. The van der Waals surface area contributed by atoms with Gasteiger partial charge in [0.2, 0.25) is 0 Å². The fraction of sp³-hybridized carbons (Fsp3) is 0.400. The number of allylic oxidation sites excluding steroid dienone is 1. The molecule has 1 amide bonds. The van der Waals surface area contributed by atoms with E-state index in [0.29, 0.717) is 17.1 Å². The number of hydrogen-bond acceptors (Lipinski definition) is 1. The quantitative estimate of drug-likeness (QED) is 0.585. The lowest BCUT2D eigenvalue weighted by molar-refractivity contribution is -0.0322. The van der Waals surface area contributed by atoms with Gasteiger partial charge in [-0.1, -0.05) is 28.8 Å². The number of halogens is 1. The Kier molecular flexibility index (Phi) is 4.65. The highest BCUT2D eigenvalue weighted by molar-refractivity contribution is 5.95. The zero-order chi connectivity index (χ0) is 13.8. The van der Waals surface area contributed by atoms with E-state index in [9.17, 15) is 9.28 Å². The first-order chi connectivity index (χ1) is 8.38. The maximum absolute atomic E-state index is 14.0. The Hall–Kier alpha value is -1.64. The maximum Gasteiger partial charge on any atom is 0.282 e. The van der Waals surface area contributed by atoms with Crippen LogP contribution in [0.1, 0.15) is 43.1 Å². The van der Waals surface area contributed by atoms with Gasteiger partial charge in [-0.05, 0) is 45.2 Å². The van der Waals surface area contributed by atoms with E-state index in [4.69, 9.17) is 0 Å². The molecule has 0 N–H and O–H groups in total. The molecule has 0 aliphatic rings. The molecule has 0 atom stereocenters. The molecule has 0 aromatic heterocycles. The molecule has 0 aliphatic heterocycles. The van der Waals surface area contributed by atoms with Crippen LogP contribution in [0.15, 0.2) is 36.9 Å². The minimum Gasteiger partial charge on any atom is -0.266 e. The fourth-order valence-electron chi connectivity index (χ4n) is 1.61. The summed E-state index contributed by atoms with van der Waals surface area (Å²) < 4.78 is 14.0. The first-order valence-corrected chi connectivity index (χ1v) is 6.07. The zero-order valence-corrected chi connectivity index (χ0v) is 11.2. The number of benzene rings is 1. The number of carbonyl (C=O) groups excluding carboxylic acids is 1. The summed E-state index contributed by atoms with van der Waals surface area (Å²) in [4.78, 5) is 12.1. The molecule has 0 radical (unpaired) electrons. The van der Waals surface area contributed by atoms with E-state index in [1.807, 2.05) is 12.1 Å². The van der Waals surface area contributed by atoms with Crippen LogP contribution in [-0.2, 0) is 6.42 Å². The summed E-state index contributed by atoms with van der Waals surface area (Å²) in [6, 6.07) is 7.13. The van der Waals surface area contributed by atoms with Gasteiger partial charge in [0.25, 0.3) is 5.91 Å². The molecular formula is C15H20FNO. The summed E-state index contributed by atoms with van der Waals surface area (Å²) in [6.07, 6.45) is 3.26. The van der Waals surface area contributed by atoms with E-state index in [2.05, 4.69) is 6.58 Å². The summed E-state index contributed by atoms with van der Waals surface area (Å²) in [5.74, 6) is -0.581. The average Bonchev–Trinajstić information content (AvgIpc) is 2.33. The highest BCUT2D eigenvalue weighted by Gasteiger charge is 2.28. The molecule has 0 heterocycles. The molecule has 1 rings (SSSR count). The topological polar surface area (TPSA) is 20.3 Å². The van der Waals surface area contributed by atoms with Crippen molar-refractivity contribution in [2.24, 2.45) is 0 Å². The summed E-state index contributed by atoms with van der Waals surface area (Å²) in [6.45, 7) is 8.65. The fourth-order valence-corrected chi connectivity index (χ4v) is 1.61. The lowest BCUT2D eigenvalue weighted by Crippen LogP contribution is -2.39. The van der Waals surface area contributed by atoms with Crippen molar-refractivity contribution in [1.29, 1.82) is 0 Å². The summed E-state index contributed by atoms with van der Waals surface area (Å²) in [7, 11) is 0. The highest BCUT2D eigenvalue weighted by Crippen LogP contribution is 2.20. The maximum atomic E-state index is 14.0. The Morgan fingerprint density at radius 3 is 2.56 bits per heavy atom. The Labute approximate surface area is 108 Å². The molecule has 1 aromatic rings. The number of amides is 1. The zero-order valence-electron chi connectivity index (χ0n) is 11.2. The van der Waals surface area contributed by atoms with Gasteiger partial charge in [-0.15, -0.1) is 6.58 Å². The van der Waals surface area contributed by atoms with Gasteiger partial charge in [0.05, 0.1) is 5.54 Å². The minimum absolute atomic E-state index is 0.291. The normalized spacial score (nSPS) is 11.1. The van der Waals surface area contributed by atoms with E-state index >= 15 is 0 Å². The largest absolute Gasteiger partial charge is 0.282 e. The van der Waals surface area contributed by atoms with Gasteiger partial charge in [-0.2, -0.15) is 5.12 Å². The third-order valence-electron chi connectivity index (χ3n) is 2.63. The molecule has 2 nitrogen and oxygen atoms in total. The van der Waals surface area contributed by atoms with E-state index in [0.717, 1.165) is 12.0 Å². The van der Waals surface area contributed by atoms with Crippen LogP contribution in [0.25, 0.3) is 0 Å². The molecule has 0 bridgehead atoms. The number of carbonyl (C=O) groups is 1. The molecule has 0 spiro atoms. The van der Waals surface area contributed by atoms with Crippen LogP contribution in [0, 0.1) is 0 Å². The second kappa shape index (κ2) is 5.80. The van der Waals surface area contributed by atoms with E-state index in [-0.39, 0.29) is 0 Å². The summed E-state index contributed by atoms with van der Waals surface area (Å²) in [5.41, 5.74) is 0.453. The van der Waals surface area contributed by atoms with Crippen LogP contribution in [0.3, 0.4) is 0 Å². The van der Waals surface area contributed by atoms with E-state index < -0.39 is 11.4 Å². The smallest absolute Gasteiger partial charge is 0.266 e. The standard InChI is InChI=1S/C15H20FNO/c1-5-6-9-12-10-7-8-11-13(12)14(18)17(16)15(2,3)4/h5,7-8,10-11H,1,6,9H2,2-4H3. The first-order valence-electron chi connectivity index (χ1n) is 6.07. The van der Waals surface area contributed by atoms with Gasteiger partial charge in [-0.3, -0.25) is 4.79 Å². The van der Waals surface area contributed by atoms with Gasteiger partial charge in [0.1, 0.15) is 0 Å². The van der Waals surface area contributed by atoms with Crippen LogP contribution in [0.5, 0.6) is 0 Å². The van der Waals surface area contributed by atoms with Crippen LogP contribution in [0.2, 0.25) is 0 Å². The molecule has 98 valence electrons. The van der Waals surface area contributed by atoms with Crippen molar-refractivity contribution < 1.29 is 9.28 Å². The molecule has 0 saturated heterocycles. The third-order valence-corrected chi connectivity index (χ3v) is 2.63. The Bertz CT molecular complexity index is 434. The van der Waals surface area contributed by atoms with E-state index in [1.165, 1.54) is 0 Å². The molecular weight excluding hydrogens is 229 g/mol. The predicted octanol–water partition coefficient (Wildman–Crippen LogP) is 3.93. The number of nitrogens with zero attached hydrogens (tertiary/aromatic N) is 1. The third kappa shape index (κ3) is 3.42. The van der Waals surface area contributed by atoms with Crippen LogP contribution < -0.4 is 0 Å². The van der Waals surface area contributed by atoms with E-state index in [1.54, 1.807) is 39.0 Å². The molecule has 0 unspecified atom stereocenters. The minimum atomic E-state index is -0.831. The van der Waals surface area contributed by atoms with Gasteiger partial charge >= 0.3 is 0 Å². The summed E-state index contributed by atoms with van der Waals surface area (Å²) >= 11 is 0. The second-order valence-corrected chi connectivity index (χ2v) is 5.24. The molecule has 3 heteroatoms. The van der Waals surface area contributed by atoms with Crippen molar-refractivity contribution in [3.05, 3.63) is 48.0 Å². The molecule has 0 fully saturated rings. The SMILES string of the molecule is C=CCCc1ccccc1C(=O)N(F)C(C)(C)C. The van der Waals surface area contributed by atoms with Gasteiger partial charge in [0, 0.05) is 5.56 Å². The van der Waals surface area contributed by atoms with Crippen molar-refractivity contribution in [2.45, 2.75) is 39.2 Å². The summed E-state index contributed by atoms with van der Waals surface area (Å²) in [5, 5.41) is 0.291. The van der Waals surface area contributed by atoms with Crippen molar-refractivity contribution in [1.82, 2.24) is 5.12 Å². The number of aryl methyl sites for hydroxylation is 1. The number of hydrogen-bond donors (Lipinski definition) is 0. The second-order valence-electron chi connectivity index (χ2n) is 5.24. The Morgan fingerprint density at radius 1 is 1.39 bits per heavy atom. The number of rotatable bonds is 4. The van der Waals surface area contributed by atoms with Crippen molar-refractivity contribution in [3.8, 4) is 0 Å². The molecule has 18 heavy (non-hydrogen) atoms. The monoisotopic (exact) mass is 249 g/mol. The van der Waals surface area contributed by atoms with Crippen molar-refractivity contribution in [2.75, 3.05) is 0 Å². The van der Waals surface area contributed by atoms with Crippen molar-refractivity contribution >= 4 is 5.91 Å². The van der Waals surface area contributed by atoms with Gasteiger partial charge in [-0.25, -0.2) is 0 Å². The Morgan fingerprint density at radius 2 is 2.00 bits per heavy atom. The average molecular weight is 249 g/mol. The van der Waals surface area contributed by atoms with Gasteiger partial charge in [0.15, 0.2) is 0 Å². The lowest BCUT2D eigenvalue weighted by atomic mass is 10.0. The van der Waals surface area contributed by atoms with Gasteiger partial charge < -0.3 is 0 Å². The van der Waals surface area contributed by atoms with Crippen LogP contribution in [-0.4, -0.2) is 16.6 Å². The Balaban J connectivity index is 3.01. The molecule has 0 aliphatic carbocycles.